The Morgan fingerprint density at radius 2 is 2.08 bits per heavy atom. The summed E-state index contributed by atoms with van der Waals surface area (Å²) in [6, 6.07) is 2.32. The fourth-order valence-electron chi connectivity index (χ4n) is 1.50. The van der Waals surface area contributed by atoms with Crippen LogP contribution in [0.1, 0.15) is 20.8 Å². The summed E-state index contributed by atoms with van der Waals surface area (Å²) in [4.78, 5) is 0. The van der Waals surface area contributed by atoms with Gasteiger partial charge >= 0.3 is 0 Å². The van der Waals surface area contributed by atoms with Gasteiger partial charge in [0.05, 0.1) is 12.0 Å². The maximum absolute atomic E-state index is 8.88. The normalized spacial score (nSPS) is 28.0. The molecule has 0 aromatic rings. The molecule has 0 aromatic carbocycles. The van der Waals surface area contributed by atoms with Gasteiger partial charge < -0.3 is 0 Å². The number of rotatable bonds is 1. The molecule has 1 nitrogen and oxygen atoms in total. The molecule has 1 aliphatic carbocycles. The monoisotopic (exact) mass is 287 g/mol. The van der Waals surface area contributed by atoms with Crippen molar-refractivity contribution >= 4 is 22.6 Å². The first-order valence-electron chi connectivity index (χ1n) is 4.55. The fraction of sp³-hybridized carbons (Fsp3) is 0.545. The number of hydrogen-bond donors (Lipinski definition) is 0. The van der Waals surface area contributed by atoms with Crippen LogP contribution < -0.4 is 0 Å². The van der Waals surface area contributed by atoms with Crippen LogP contribution in [-0.4, -0.2) is 0 Å². The van der Waals surface area contributed by atoms with Crippen molar-refractivity contribution in [3.05, 3.63) is 21.3 Å². The minimum Gasteiger partial charge on any atom is -0.198 e. The Bertz CT molecular complexity index is 294. The Hall–Kier alpha value is -0.300. The minimum absolute atomic E-state index is 0.0643. The molecule has 0 bridgehead atoms. The van der Waals surface area contributed by atoms with E-state index in [1.807, 2.05) is 0 Å². The Balaban J connectivity index is 2.95. The first-order valence-corrected chi connectivity index (χ1v) is 5.63. The molecule has 2 atom stereocenters. The molecule has 0 spiro atoms. The molecule has 0 fully saturated rings. The highest BCUT2D eigenvalue weighted by atomic mass is 127. The van der Waals surface area contributed by atoms with E-state index in [0.29, 0.717) is 11.8 Å². The zero-order chi connectivity index (χ0) is 10.0. The molecule has 0 aromatic heterocycles. The zero-order valence-electron chi connectivity index (χ0n) is 8.21. The highest BCUT2D eigenvalue weighted by molar-refractivity contribution is 14.1. The third kappa shape index (κ3) is 2.34. The molecule has 0 saturated heterocycles. The predicted molar refractivity (Wildman–Crippen MR) is 63.3 cm³/mol. The van der Waals surface area contributed by atoms with Gasteiger partial charge in [-0.05, 0) is 40.0 Å². The van der Waals surface area contributed by atoms with Gasteiger partial charge in [-0.1, -0.05) is 32.9 Å². The Kier molecular flexibility index (Phi) is 3.55. The van der Waals surface area contributed by atoms with Crippen LogP contribution in [0.5, 0.6) is 0 Å². The summed E-state index contributed by atoms with van der Waals surface area (Å²) in [6.07, 6.45) is 4.32. The second kappa shape index (κ2) is 4.28. The molecule has 0 amide bonds. The standard InChI is InChI=1S/C11H14IN/c1-7(2)10-4-8(3)9(6-13)5-11(10)12/h4-5,7-9H,1-3H3. The van der Waals surface area contributed by atoms with Crippen molar-refractivity contribution in [3.8, 4) is 6.07 Å². The first-order chi connectivity index (χ1) is 6.06. The highest BCUT2D eigenvalue weighted by Gasteiger charge is 2.21. The van der Waals surface area contributed by atoms with E-state index in [0.717, 1.165) is 0 Å². The van der Waals surface area contributed by atoms with Gasteiger partial charge in [0.2, 0.25) is 0 Å². The van der Waals surface area contributed by atoms with Crippen LogP contribution in [-0.2, 0) is 0 Å². The third-order valence-electron chi connectivity index (χ3n) is 2.38. The Morgan fingerprint density at radius 1 is 1.46 bits per heavy atom. The van der Waals surface area contributed by atoms with Gasteiger partial charge in [-0.25, -0.2) is 0 Å². The van der Waals surface area contributed by atoms with Crippen molar-refractivity contribution in [3.63, 3.8) is 0 Å². The molecule has 1 aliphatic rings. The summed E-state index contributed by atoms with van der Waals surface area (Å²) in [5.74, 6) is 0.987. The number of allylic oxidation sites excluding steroid dienone is 4. The molecule has 70 valence electrons. The molecular weight excluding hydrogens is 273 g/mol. The number of nitriles is 1. The second-order valence-electron chi connectivity index (χ2n) is 3.81. The Labute approximate surface area is 93.7 Å². The highest BCUT2D eigenvalue weighted by Crippen LogP contribution is 2.34. The lowest BCUT2D eigenvalue weighted by atomic mass is 9.85. The molecule has 0 radical (unpaired) electrons. The van der Waals surface area contributed by atoms with Crippen LogP contribution in [0.3, 0.4) is 0 Å². The van der Waals surface area contributed by atoms with Crippen molar-refractivity contribution in [1.82, 2.24) is 0 Å². The molecule has 0 heterocycles. The van der Waals surface area contributed by atoms with Crippen LogP contribution >= 0.6 is 22.6 Å². The number of hydrogen-bond acceptors (Lipinski definition) is 1. The van der Waals surface area contributed by atoms with E-state index >= 15 is 0 Å². The lowest BCUT2D eigenvalue weighted by Crippen LogP contribution is -2.12. The van der Waals surface area contributed by atoms with Gasteiger partial charge in [-0.2, -0.15) is 5.26 Å². The van der Waals surface area contributed by atoms with E-state index in [2.05, 4.69) is 61.6 Å². The quantitative estimate of drug-likeness (QED) is 0.675. The predicted octanol–water partition coefficient (Wildman–Crippen LogP) is 3.68. The SMILES string of the molecule is CC(C)C1=CC(C)C(C#N)C=C1I. The number of halogens is 1. The van der Waals surface area contributed by atoms with E-state index in [1.54, 1.807) is 0 Å². The van der Waals surface area contributed by atoms with Crippen molar-refractivity contribution in [2.45, 2.75) is 20.8 Å². The third-order valence-corrected chi connectivity index (χ3v) is 3.36. The van der Waals surface area contributed by atoms with Crippen molar-refractivity contribution in [1.29, 1.82) is 5.26 Å². The first kappa shape index (κ1) is 10.8. The molecule has 0 N–H and O–H groups in total. The molecule has 0 aliphatic heterocycles. The summed E-state index contributed by atoms with van der Waals surface area (Å²) < 4.78 is 1.25. The average molecular weight is 287 g/mol. The van der Waals surface area contributed by atoms with Crippen molar-refractivity contribution < 1.29 is 0 Å². The van der Waals surface area contributed by atoms with E-state index in [9.17, 15) is 0 Å². The van der Waals surface area contributed by atoms with Crippen LogP contribution in [0.2, 0.25) is 0 Å². The topological polar surface area (TPSA) is 23.8 Å². The van der Waals surface area contributed by atoms with Gasteiger partial charge in [0.25, 0.3) is 0 Å². The van der Waals surface area contributed by atoms with Gasteiger partial charge in [0, 0.05) is 3.58 Å². The lowest BCUT2D eigenvalue weighted by molar-refractivity contribution is 0.596. The van der Waals surface area contributed by atoms with Crippen molar-refractivity contribution in [2.24, 2.45) is 17.8 Å². The molecule has 2 unspecified atom stereocenters. The van der Waals surface area contributed by atoms with Crippen LogP contribution in [0.25, 0.3) is 0 Å². The number of nitrogens with zero attached hydrogens (tertiary/aromatic N) is 1. The molecule has 1 rings (SSSR count). The van der Waals surface area contributed by atoms with E-state index in [1.165, 1.54) is 9.15 Å². The zero-order valence-corrected chi connectivity index (χ0v) is 10.4. The molecule has 0 saturated carbocycles. The second-order valence-corrected chi connectivity index (χ2v) is 4.97. The average Bonchev–Trinajstić information content (AvgIpc) is 2.07. The van der Waals surface area contributed by atoms with Gasteiger partial charge in [0.15, 0.2) is 0 Å². The van der Waals surface area contributed by atoms with Crippen LogP contribution in [0.4, 0.5) is 0 Å². The van der Waals surface area contributed by atoms with Gasteiger partial charge in [-0.3, -0.25) is 0 Å². The summed E-state index contributed by atoms with van der Waals surface area (Å²) in [5.41, 5.74) is 1.39. The molecular formula is C11H14IN. The summed E-state index contributed by atoms with van der Waals surface area (Å²) in [5, 5.41) is 8.88. The van der Waals surface area contributed by atoms with Gasteiger partial charge in [-0.15, -0.1) is 0 Å². The Morgan fingerprint density at radius 3 is 2.54 bits per heavy atom. The van der Waals surface area contributed by atoms with Crippen LogP contribution in [0, 0.1) is 29.1 Å². The maximum atomic E-state index is 8.88. The van der Waals surface area contributed by atoms with E-state index in [4.69, 9.17) is 5.26 Å². The smallest absolute Gasteiger partial charge is 0.0716 e. The molecule has 2 heteroatoms. The fourth-order valence-corrected chi connectivity index (χ4v) is 2.69. The van der Waals surface area contributed by atoms with E-state index in [-0.39, 0.29) is 5.92 Å². The maximum Gasteiger partial charge on any atom is 0.0716 e. The van der Waals surface area contributed by atoms with E-state index < -0.39 is 0 Å². The largest absolute Gasteiger partial charge is 0.198 e. The van der Waals surface area contributed by atoms with Crippen molar-refractivity contribution in [2.75, 3.05) is 0 Å². The lowest BCUT2D eigenvalue weighted by Gasteiger charge is -2.22. The minimum atomic E-state index is 0.0643. The molecule has 13 heavy (non-hydrogen) atoms. The summed E-state index contributed by atoms with van der Waals surface area (Å²) in [7, 11) is 0. The summed E-state index contributed by atoms with van der Waals surface area (Å²) >= 11 is 2.32. The summed E-state index contributed by atoms with van der Waals surface area (Å²) in [6.45, 7) is 6.49. The van der Waals surface area contributed by atoms with Crippen LogP contribution in [0.15, 0.2) is 21.3 Å². The van der Waals surface area contributed by atoms with Gasteiger partial charge in [0.1, 0.15) is 0 Å².